The molecule has 2 saturated heterocycles. The molecule has 6 rings (SSSR count). The van der Waals surface area contributed by atoms with Crippen LogP contribution in [0.1, 0.15) is 46.5 Å². The standard InChI is InChI=1S/C34H40N2O6/c1-4-33-16-9-5-6-10-19-41-32(40)28(33)27-30(38)36(26(21-37)22(2)3)29-31(39)35(18-11-17-34(27,29)42-33)25-15-14-23-12-7-8-13-24(23)20-25/h7-9,11-17,20,22,26-29,37H,4-6,10,18-19,21H2,1-3H3/b16-9-/t26-,27-,28+,29?,33-,34-/m0/s1. The third kappa shape index (κ3) is 4.30. The zero-order chi connectivity index (χ0) is 29.6. The minimum Gasteiger partial charge on any atom is -0.465 e. The van der Waals surface area contributed by atoms with Crippen molar-refractivity contribution >= 4 is 34.2 Å². The topological polar surface area (TPSA) is 96.4 Å². The van der Waals surface area contributed by atoms with Crippen LogP contribution in [0.5, 0.6) is 0 Å². The lowest BCUT2D eigenvalue weighted by Gasteiger charge is -2.41. The van der Waals surface area contributed by atoms with E-state index in [-0.39, 0.29) is 37.5 Å². The number of amides is 2. The molecule has 8 heteroatoms. The molecule has 1 unspecified atom stereocenters. The van der Waals surface area contributed by atoms with Gasteiger partial charge in [-0.05, 0) is 54.5 Å². The average molecular weight is 573 g/mol. The largest absolute Gasteiger partial charge is 0.465 e. The molecule has 6 atom stereocenters. The fourth-order valence-electron chi connectivity index (χ4n) is 7.53. The number of allylic oxidation sites excluding steroid dienone is 1. The van der Waals surface area contributed by atoms with Crippen LogP contribution in [0.15, 0.2) is 66.8 Å². The Morgan fingerprint density at radius 2 is 1.76 bits per heavy atom. The predicted octanol–water partition coefficient (Wildman–Crippen LogP) is 4.40. The monoisotopic (exact) mass is 572 g/mol. The van der Waals surface area contributed by atoms with Gasteiger partial charge < -0.3 is 24.4 Å². The number of fused-ring (bicyclic) bond motifs is 3. The first-order chi connectivity index (χ1) is 20.3. The summed E-state index contributed by atoms with van der Waals surface area (Å²) in [6, 6.07) is 12.1. The Hall–Kier alpha value is -3.49. The summed E-state index contributed by atoms with van der Waals surface area (Å²) in [7, 11) is 0. The summed E-state index contributed by atoms with van der Waals surface area (Å²) >= 11 is 0. The Bertz CT molecular complexity index is 1450. The maximum absolute atomic E-state index is 14.8. The van der Waals surface area contributed by atoms with Gasteiger partial charge in [-0.3, -0.25) is 14.4 Å². The molecule has 0 radical (unpaired) electrons. The molecule has 0 bridgehead atoms. The number of aliphatic hydroxyl groups excluding tert-OH is 1. The van der Waals surface area contributed by atoms with Gasteiger partial charge in [-0.2, -0.15) is 0 Å². The SMILES string of the molecule is CC[C@]12/C=C\CCCCOC(=O)[C@H]1[C@H]1C(=O)N([C@@H](CO)C(C)C)C3C(=O)N(c4ccc5ccccc5c4)CC=C[C@@]31O2. The van der Waals surface area contributed by atoms with E-state index in [2.05, 4.69) is 0 Å². The molecule has 1 N–H and O–H groups in total. The smallest absolute Gasteiger partial charge is 0.313 e. The fraction of sp³-hybridized carbons (Fsp3) is 0.500. The molecule has 0 aliphatic carbocycles. The summed E-state index contributed by atoms with van der Waals surface area (Å²) in [4.78, 5) is 46.5. The van der Waals surface area contributed by atoms with E-state index in [9.17, 15) is 19.5 Å². The van der Waals surface area contributed by atoms with Crippen LogP contribution in [0.4, 0.5) is 5.69 Å². The number of benzene rings is 2. The van der Waals surface area contributed by atoms with Crippen molar-refractivity contribution in [2.24, 2.45) is 17.8 Å². The number of ether oxygens (including phenoxy) is 2. The zero-order valence-electron chi connectivity index (χ0n) is 24.6. The first kappa shape index (κ1) is 28.6. The van der Waals surface area contributed by atoms with E-state index in [0.717, 1.165) is 30.0 Å². The number of hydrogen-bond donors (Lipinski definition) is 1. The normalized spacial score (nSPS) is 32.8. The van der Waals surface area contributed by atoms with Gasteiger partial charge >= 0.3 is 5.97 Å². The number of rotatable bonds is 5. The number of likely N-dealkylation sites (tertiary alicyclic amines) is 1. The Morgan fingerprint density at radius 1 is 0.976 bits per heavy atom. The molecule has 0 aromatic heterocycles. The van der Waals surface area contributed by atoms with E-state index in [0.29, 0.717) is 12.1 Å². The van der Waals surface area contributed by atoms with Gasteiger partial charge in [0, 0.05) is 12.2 Å². The summed E-state index contributed by atoms with van der Waals surface area (Å²) < 4.78 is 12.8. The number of aliphatic hydroxyl groups is 1. The highest BCUT2D eigenvalue weighted by Gasteiger charge is 2.76. The Labute approximate surface area is 246 Å². The second-order valence-corrected chi connectivity index (χ2v) is 12.3. The highest BCUT2D eigenvalue weighted by Crippen LogP contribution is 2.59. The van der Waals surface area contributed by atoms with Crippen molar-refractivity contribution in [3.05, 3.63) is 66.8 Å². The molecule has 1 spiro atoms. The van der Waals surface area contributed by atoms with E-state index in [4.69, 9.17) is 9.47 Å². The highest BCUT2D eigenvalue weighted by molar-refractivity contribution is 6.06. The van der Waals surface area contributed by atoms with E-state index >= 15 is 0 Å². The molecule has 8 nitrogen and oxygen atoms in total. The molecule has 0 saturated carbocycles. The molecular formula is C34H40N2O6. The van der Waals surface area contributed by atoms with Gasteiger partial charge in [-0.1, -0.05) is 75.4 Å². The van der Waals surface area contributed by atoms with Gasteiger partial charge in [-0.25, -0.2) is 0 Å². The van der Waals surface area contributed by atoms with Crippen LogP contribution in [0.2, 0.25) is 0 Å². The zero-order valence-corrected chi connectivity index (χ0v) is 24.6. The van der Waals surface area contributed by atoms with E-state index in [1.807, 2.05) is 87.5 Å². The lowest BCUT2D eigenvalue weighted by atomic mass is 9.73. The summed E-state index contributed by atoms with van der Waals surface area (Å²) in [6.45, 7) is 6.03. The van der Waals surface area contributed by atoms with Gasteiger partial charge in [0.1, 0.15) is 23.2 Å². The molecular weight excluding hydrogens is 532 g/mol. The van der Waals surface area contributed by atoms with Crippen LogP contribution in [0.25, 0.3) is 10.8 Å². The lowest BCUT2D eigenvalue weighted by molar-refractivity contribution is -0.162. The minimum absolute atomic E-state index is 0.143. The Balaban J connectivity index is 1.52. The molecule has 2 aromatic carbocycles. The van der Waals surface area contributed by atoms with Crippen molar-refractivity contribution in [2.75, 3.05) is 24.7 Å². The summed E-state index contributed by atoms with van der Waals surface area (Å²) in [5.41, 5.74) is -1.79. The van der Waals surface area contributed by atoms with Gasteiger partial charge in [0.2, 0.25) is 5.91 Å². The van der Waals surface area contributed by atoms with Gasteiger partial charge in [0.15, 0.2) is 0 Å². The van der Waals surface area contributed by atoms with Crippen LogP contribution in [0.3, 0.4) is 0 Å². The first-order valence-electron chi connectivity index (χ1n) is 15.2. The quantitative estimate of drug-likeness (QED) is 0.422. The highest BCUT2D eigenvalue weighted by atomic mass is 16.6. The van der Waals surface area contributed by atoms with Gasteiger partial charge in [-0.15, -0.1) is 0 Å². The van der Waals surface area contributed by atoms with Crippen LogP contribution in [-0.2, 0) is 23.9 Å². The number of carbonyl (C=O) groups is 3. The Kier molecular flexibility index (Phi) is 7.48. The average Bonchev–Trinajstić information content (AvgIpc) is 3.34. The third-order valence-electron chi connectivity index (χ3n) is 9.68. The van der Waals surface area contributed by atoms with Gasteiger partial charge in [0.25, 0.3) is 5.91 Å². The lowest BCUT2D eigenvalue weighted by Crippen LogP contribution is -2.60. The van der Waals surface area contributed by atoms with Crippen LogP contribution in [0, 0.1) is 17.8 Å². The number of cyclic esters (lactones) is 1. The van der Waals surface area contributed by atoms with Crippen LogP contribution in [-0.4, -0.2) is 70.8 Å². The molecule has 2 fully saturated rings. The Morgan fingerprint density at radius 3 is 2.50 bits per heavy atom. The summed E-state index contributed by atoms with van der Waals surface area (Å²) in [6.07, 6.45) is 10.6. The number of anilines is 1. The molecule has 2 amide bonds. The van der Waals surface area contributed by atoms with Crippen LogP contribution < -0.4 is 4.90 Å². The van der Waals surface area contributed by atoms with Crippen molar-refractivity contribution in [3.63, 3.8) is 0 Å². The number of carbonyl (C=O) groups excluding carboxylic acids is 3. The van der Waals surface area contributed by atoms with Crippen molar-refractivity contribution < 1.29 is 29.0 Å². The minimum atomic E-state index is -1.40. The summed E-state index contributed by atoms with van der Waals surface area (Å²) in [5, 5.41) is 12.6. The number of nitrogens with zero attached hydrogens (tertiary/aromatic N) is 2. The molecule has 42 heavy (non-hydrogen) atoms. The summed E-state index contributed by atoms with van der Waals surface area (Å²) in [5.74, 6) is -3.15. The molecule has 4 heterocycles. The molecule has 4 aliphatic heterocycles. The molecule has 2 aromatic rings. The van der Waals surface area contributed by atoms with Crippen molar-refractivity contribution in [3.8, 4) is 0 Å². The third-order valence-corrected chi connectivity index (χ3v) is 9.68. The fourth-order valence-corrected chi connectivity index (χ4v) is 7.53. The van der Waals surface area contributed by atoms with E-state index in [1.165, 1.54) is 4.90 Å². The van der Waals surface area contributed by atoms with Crippen LogP contribution >= 0.6 is 0 Å². The number of hydrogen-bond acceptors (Lipinski definition) is 6. The van der Waals surface area contributed by atoms with Crippen molar-refractivity contribution in [1.82, 2.24) is 4.90 Å². The van der Waals surface area contributed by atoms with Crippen molar-refractivity contribution in [2.45, 2.75) is 69.7 Å². The molecule has 222 valence electrons. The predicted molar refractivity (Wildman–Crippen MR) is 160 cm³/mol. The maximum Gasteiger partial charge on any atom is 0.313 e. The van der Waals surface area contributed by atoms with Gasteiger partial charge in [0.05, 0.1) is 25.2 Å². The maximum atomic E-state index is 14.8. The van der Waals surface area contributed by atoms with E-state index < -0.39 is 41.1 Å². The number of esters is 1. The van der Waals surface area contributed by atoms with Crippen molar-refractivity contribution in [1.29, 1.82) is 0 Å². The molecule has 4 aliphatic rings. The second kappa shape index (κ2) is 11.0. The van der Waals surface area contributed by atoms with E-state index in [1.54, 1.807) is 4.90 Å². The second-order valence-electron chi connectivity index (χ2n) is 12.3. The first-order valence-corrected chi connectivity index (χ1v) is 15.2.